The van der Waals surface area contributed by atoms with Gasteiger partial charge in [0.2, 0.25) is 0 Å². The van der Waals surface area contributed by atoms with E-state index in [-0.39, 0.29) is 35.1 Å². The van der Waals surface area contributed by atoms with Crippen molar-refractivity contribution >= 4 is 47.3 Å². The minimum atomic E-state index is -0.879. The second kappa shape index (κ2) is 11.9. The van der Waals surface area contributed by atoms with Crippen LogP contribution in [0.5, 0.6) is 0 Å². The molecular weight excluding hydrogens is 514 g/mol. The summed E-state index contributed by atoms with van der Waals surface area (Å²) in [4.78, 5) is 64.2. The van der Waals surface area contributed by atoms with E-state index in [2.05, 4.69) is 5.32 Å². The Balaban J connectivity index is 1.72. The number of carbonyl (C=O) groups excluding carboxylic acids is 5. The maximum absolute atomic E-state index is 13.0. The molecule has 0 fully saturated rings. The Morgan fingerprint density at radius 2 is 1.53 bits per heavy atom. The highest BCUT2D eigenvalue weighted by Crippen LogP contribution is 2.44. The van der Waals surface area contributed by atoms with Gasteiger partial charge in [-0.15, -0.1) is 0 Å². The van der Waals surface area contributed by atoms with Crippen LogP contribution >= 0.6 is 11.6 Å². The van der Waals surface area contributed by atoms with Crippen LogP contribution < -0.4 is 5.32 Å². The average molecular weight is 544 g/mol. The van der Waals surface area contributed by atoms with Gasteiger partial charge in [-0.1, -0.05) is 51.1 Å². The Morgan fingerprint density at radius 1 is 0.921 bits per heavy atom. The Bertz CT molecular complexity index is 1220. The van der Waals surface area contributed by atoms with Gasteiger partial charge in [0.1, 0.15) is 6.10 Å². The van der Waals surface area contributed by atoms with Crippen molar-refractivity contribution in [3.05, 3.63) is 51.6 Å². The number of hydrogen-bond donors (Lipinski definition) is 1. The topological polar surface area (TPSA) is 125 Å². The Morgan fingerprint density at radius 3 is 2.16 bits per heavy atom. The van der Waals surface area contributed by atoms with Crippen LogP contribution in [-0.2, 0) is 33.4 Å². The van der Waals surface area contributed by atoms with Gasteiger partial charge in [-0.25, -0.2) is 24.0 Å². The molecule has 1 N–H and O–H groups in total. The van der Waals surface area contributed by atoms with Crippen molar-refractivity contribution in [1.29, 1.82) is 0 Å². The van der Waals surface area contributed by atoms with Crippen molar-refractivity contribution in [2.24, 2.45) is 11.8 Å². The highest BCUT2D eigenvalue weighted by molar-refractivity contribution is 6.30. The molecule has 10 heteroatoms. The fourth-order valence-corrected chi connectivity index (χ4v) is 5.42. The van der Waals surface area contributed by atoms with Gasteiger partial charge in [-0.2, -0.15) is 0 Å². The van der Waals surface area contributed by atoms with E-state index in [9.17, 15) is 24.0 Å². The summed E-state index contributed by atoms with van der Waals surface area (Å²) in [6.45, 7) is 3.96. The molecule has 9 nitrogen and oxygen atoms in total. The van der Waals surface area contributed by atoms with E-state index in [0.717, 1.165) is 19.3 Å². The number of esters is 4. The van der Waals surface area contributed by atoms with Gasteiger partial charge in [-0.3, -0.25) is 5.32 Å². The summed E-state index contributed by atoms with van der Waals surface area (Å²) in [5.41, 5.74) is 1.14. The van der Waals surface area contributed by atoms with E-state index in [1.807, 2.05) is 13.8 Å². The molecule has 3 unspecified atom stereocenters. The molecule has 1 amide bonds. The number of unbranched alkanes of at least 4 members (excludes halogenated alkanes) is 2. The summed E-state index contributed by atoms with van der Waals surface area (Å²) in [5.74, 6) is -4.40. The average Bonchev–Trinajstić information content (AvgIpc) is 3.29. The molecule has 3 atom stereocenters. The quantitative estimate of drug-likeness (QED) is 0.248. The number of amides is 1. The van der Waals surface area contributed by atoms with Crippen LogP contribution in [0.15, 0.2) is 46.6 Å². The molecular formula is C28H30ClNO8. The molecule has 0 saturated carbocycles. The molecule has 1 aromatic carbocycles. The van der Waals surface area contributed by atoms with Crippen LogP contribution in [0, 0.1) is 11.8 Å². The number of nitrogens with one attached hydrogen (secondary N) is 1. The molecule has 1 aromatic rings. The zero-order valence-electron chi connectivity index (χ0n) is 21.3. The Hall–Kier alpha value is -3.46. The molecule has 0 saturated heterocycles. The molecule has 3 aliphatic rings. The van der Waals surface area contributed by atoms with Crippen molar-refractivity contribution in [1.82, 2.24) is 0 Å². The van der Waals surface area contributed by atoms with Gasteiger partial charge in [-0.05, 0) is 55.9 Å². The molecule has 0 spiro atoms. The van der Waals surface area contributed by atoms with Crippen LogP contribution in [0.2, 0.25) is 5.02 Å². The third kappa shape index (κ3) is 5.83. The molecule has 1 aliphatic carbocycles. The number of rotatable bonds is 9. The number of hydrogen-bond acceptors (Lipinski definition) is 8. The lowest BCUT2D eigenvalue weighted by molar-refractivity contribution is -0.154. The molecule has 202 valence electrons. The number of halogens is 1. The summed E-state index contributed by atoms with van der Waals surface area (Å²) < 4.78 is 15.8. The largest absolute Gasteiger partial charge is 0.445 e. The third-order valence-corrected chi connectivity index (χ3v) is 7.41. The Kier molecular flexibility index (Phi) is 8.66. The summed E-state index contributed by atoms with van der Waals surface area (Å²) in [6, 6.07) is 6.45. The summed E-state index contributed by atoms with van der Waals surface area (Å²) in [7, 11) is 0. The minimum Gasteiger partial charge on any atom is -0.445 e. The molecule has 38 heavy (non-hydrogen) atoms. The van der Waals surface area contributed by atoms with Crippen LogP contribution in [0.1, 0.15) is 65.2 Å². The summed E-state index contributed by atoms with van der Waals surface area (Å²) >= 11 is 5.92. The molecule has 0 radical (unpaired) electrons. The van der Waals surface area contributed by atoms with Crippen molar-refractivity contribution < 1.29 is 38.2 Å². The Labute approximate surface area is 225 Å². The molecule has 2 heterocycles. The maximum Gasteiger partial charge on any atom is 0.411 e. The van der Waals surface area contributed by atoms with Gasteiger partial charge < -0.3 is 14.2 Å². The molecule has 0 bridgehead atoms. The lowest BCUT2D eigenvalue weighted by Crippen LogP contribution is -2.34. The number of carbonyl (C=O) groups is 5. The fourth-order valence-electron chi connectivity index (χ4n) is 5.29. The van der Waals surface area contributed by atoms with Crippen molar-refractivity contribution in [2.45, 2.75) is 71.3 Å². The first-order valence-corrected chi connectivity index (χ1v) is 13.3. The zero-order valence-corrected chi connectivity index (χ0v) is 22.1. The molecule has 0 aromatic heterocycles. The van der Waals surface area contributed by atoms with Crippen molar-refractivity contribution in [3.63, 3.8) is 0 Å². The van der Waals surface area contributed by atoms with E-state index >= 15 is 0 Å². The number of cyclic esters (lactones) is 4. The predicted octanol–water partition coefficient (Wildman–Crippen LogP) is 5.42. The normalized spacial score (nSPS) is 21.9. The van der Waals surface area contributed by atoms with Gasteiger partial charge in [0.15, 0.2) is 0 Å². The van der Waals surface area contributed by atoms with Gasteiger partial charge in [0.25, 0.3) is 0 Å². The SMILES string of the molecule is CCCCC1CC2=C(C(=O)OC2=O)C(C(CCCC)OC(=O)Nc2ccc(Cl)cc2)CC2=C1C(=O)OC2=O. The first kappa shape index (κ1) is 27.6. The van der Waals surface area contributed by atoms with E-state index < -0.39 is 47.9 Å². The van der Waals surface area contributed by atoms with Crippen LogP contribution in [-0.4, -0.2) is 36.1 Å². The van der Waals surface area contributed by atoms with Gasteiger partial charge in [0.05, 0.1) is 11.1 Å². The standard InChI is InChI=1S/C28H30ClNO8/c1-3-5-7-15-13-19-23(27(34)38-24(19)31)18(14-20-22(15)26(33)37-25(20)32)21(8-6-4-2)36-28(35)30-17-11-9-16(29)10-12-17/h9-12,15,18,21H,3-8,13-14H2,1-2H3,(H,30,35). The molecule has 4 rings (SSSR count). The zero-order chi connectivity index (χ0) is 27.4. The van der Waals surface area contributed by atoms with E-state index in [4.69, 9.17) is 25.8 Å². The summed E-state index contributed by atoms with van der Waals surface area (Å²) in [5, 5.41) is 3.14. The van der Waals surface area contributed by atoms with E-state index in [0.29, 0.717) is 30.0 Å². The van der Waals surface area contributed by atoms with Crippen LogP contribution in [0.25, 0.3) is 0 Å². The smallest absolute Gasteiger partial charge is 0.411 e. The predicted molar refractivity (Wildman–Crippen MR) is 137 cm³/mol. The van der Waals surface area contributed by atoms with Crippen LogP contribution in [0.4, 0.5) is 10.5 Å². The number of benzene rings is 1. The van der Waals surface area contributed by atoms with E-state index in [1.54, 1.807) is 24.3 Å². The van der Waals surface area contributed by atoms with Gasteiger partial charge in [0, 0.05) is 27.8 Å². The summed E-state index contributed by atoms with van der Waals surface area (Å²) in [6.07, 6.45) is 2.25. The van der Waals surface area contributed by atoms with Gasteiger partial charge >= 0.3 is 30.0 Å². The fraction of sp³-hybridized carbons (Fsp3) is 0.464. The monoisotopic (exact) mass is 543 g/mol. The third-order valence-electron chi connectivity index (χ3n) is 7.15. The lowest BCUT2D eigenvalue weighted by Gasteiger charge is -2.30. The maximum atomic E-state index is 13.0. The number of ether oxygens (including phenoxy) is 3. The van der Waals surface area contributed by atoms with Crippen LogP contribution in [0.3, 0.4) is 0 Å². The van der Waals surface area contributed by atoms with E-state index in [1.165, 1.54) is 0 Å². The highest BCUT2D eigenvalue weighted by atomic mass is 35.5. The highest BCUT2D eigenvalue weighted by Gasteiger charge is 2.48. The number of anilines is 1. The molecule has 2 aliphatic heterocycles. The second-order valence-electron chi connectivity index (χ2n) is 9.71. The first-order valence-electron chi connectivity index (χ1n) is 13.0. The second-order valence-corrected chi connectivity index (χ2v) is 10.1. The lowest BCUT2D eigenvalue weighted by atomic mass is 9.75. The first-order chi connectivity index (χ1) is 18.2. The minimum absolute atomic E-state index is 0.0646. The van der Waals surface area contributed by atoms with Crippen molar-refractivity contribution in [2.75, 3.05) is 5.32 Å². The van der Waals surface area contributed by atoms with Crippen molar-refractivity contribution in [3.8, 4) is 0 Å².